The number of aromatic nitrogens is 1. The Balaban J connectivity index is 1.64. The molecule has 1 saturated heterocycles. The zero-order chi connectivity index (χ0) is 22.4. The lowest BCUT2D eigenvalue weighted by Gasteiger charge is -2.39. The minimum atomic E-state index is -0.992. The van der Waals surface area contributed by atoms with Crippen LogP contribution in [0.15, 0.2) is 36.5 Å². The van der Waals surface area contributed by atoms with Crippen LogP contribution in [0.25, 0.3) is 0 Å². The summed E-state index contributed by atoms with van der Waals surface area (Å²) in [6, 6.07) is 7.38. The van der Waals surface area contributed by atoms with Crippen LogP contribution >= 0.6 is 0 Å². The Kier molecular flexibility index (Phi) is 7.37. The van der Waals surface area contributed by atoms with E-state index in [2.05, 4.69) is 15.6 Å². The highest BCUT2D eigenvalue weighted by Crippen LogP contribution is 2.22. The van der Waals surface area contributed by atoms with Crippen molar-refractivity contribution in [1.82, 2.24) is 14.8 Å². The van der Waals surface area contributed by atoms with Crippen LogP contribution in [0.4, 0.5) is 25.4 Å². The monoisotopic (exact) mass is 431 g/mol. The molecule has 3 amide bonds. The van der Waals surface area contributed by atoms with Crippen molar-refractivity contribution < 1.29 is 23.8 Å². The number of nitrogens with zero attached hydrogens (tertiary/aromatic N) is 3. The minimum absolute atomic E-state index is 0.0627. The first-order valence-electron chi connectivity index (χ1n) is 9.86. The Morgan fingerprint density at radius 1 is 1.26 bits per heavy atom. The number of pyridine rings is 1. The van der Waals surface area contributed by atoms with Gasteiger partial charge in [0.1, 0.15) is 0 Å². The largest absolute Gasteiger partial charge is 0.465 e. The van der Waals surface area contributed by atoms with Gasteiger partial charge in [-0.1, -0.05) is 12.1 Å². The zero-order valence-corrected chi connectivity index (χ0v) is 17.5. The maximum absolute atomic E-state index is 15.0. The van der Waals surface area contributed by atoms with Crippen LogP contribution in [0.5, 0.6) is 0 Å². The molecule has 2 aromatic rings. The molecule has 9 nitrogen and oxygen atoms in total. The molecule has 1 aromatic carbocycles. The summed E-state index contributed by atoms with van der Waals surface area (Å²) in [5, 5.41) is 14.5. The van der Waals surface area contributed by atoms with Crippen molar-refractivity contribution in [3.05, 3.63) is 53.6 Å². The number of carbonyl (C=O) groups is 2. The van der Waals surface area contributed by atoms with Crippen molar-refractivity contribution in [1.29, 1.82) is 0 Å². The number of hydrogen-bond donors (Lipinski definition) is 3. The number of rotatable bonds is 6. The van der Waals surface area contributed by atoms with Gasteiger partial charge in [-0.05, 0) is 25.1 Å². The Morgan fingerprint density at radius 3 is 2.74 bits per heavy atom. The number of nitrogens with one attached hydrogen (secondary N) is 2. The van der Waals surface area contributed by atoms with E-state index in [0.717, 1.165) is 5.69 Å². The highest BCUT2D eigenvalue weighted by atomic mass is 19.1. The van der Waals surface area contributed by atoms with Gasteiger partial charge in [-0.15, -0.1) is 0 Å². The fourth-order valence-corrected chi connectivity index (χ4v) is 3.52. The second-order valence-corrected chi connectivity index (χ2v) is 7.37. The van der Waals surface area contributed by atoms with Crippen LogP contribution in [0.1, 0.15) is 11.3 Å². The van der Waals surface area contributed by atoms with E-state index in [9.17, 15) is 14.7 Å². The summed E-state index contributed by atoms with van der Waals surface area (Å²) in [4.78, 5) is 31.1. The number of ether oxygens (including phenoxy) is 1. The quantitative estimate of drug-likeness (QED) is 0.649. The molecule has 3 rings (SSSR count). The molecule has 166 valence electrons. The molecule has 1 aromatic heterocycles. The van der Waals surface area contributed by atoms with Crippen molar-refractivity contribution >= 4 is 23.5 Å². The molecule has 0 unspecified atom stereocenters. The third-order valence-corrected chi connectivity index (χ3v) is 5.06. The maximum atomic E-state index is 15.0. The topological polar surface area (TPSA) is 107 Å². The van der Waals surface area contributed by atoms with Gasteiger partial charge >= 0.3 is 12.1 Å². The first-order valence-corrected chi connectivity index (χ1v) is 9.86. The summed E-state index contributed by atoms with van der Waals surface area (Å²) >= 11 is 0. The van der Waals surface area contributed by atoms with Crippen LogP contribution in [0.2, 0.25) is 0 Å². The lowest BCUT2D eigenvalue weighted by atomic mass is 10.1. The molecule has 31 heavy (non-hydrogen) atoms. The lowest BCUT2D eigenvalue weighted by Crippen LogP contribution is -2.56. The SMILES string of the molecule is COC[C@H]1CN(Cc2cccc(NC(=O)Nc3ccc(C)nc3)c2F)CCN1C(=O)O. The first-order chi connectivity index (χ1) is 14.9. The fourth-order valence-electron chi connectivity index (χ4n) is 3.52. The highest BCUT2D eigenvalue weighted by molar-refractivity contribution is 5.99. The summed E-state index contributed by atoms with van der Waals surface area (Å²) in [6.07, 6.45) is 0.531. The molecule has 3 N–H and O–H groups in total. The first kappa shape index (κ1) is 22.4. The Labute approximate surface area is 179 Å². The number of halogens is 1. The Hall–Kier alpha value is -3.24. The molecular weight excluding hydrogens is 405 g/mol. The van der Waals surface area contributed by atoms with Gasteiger partial charge in [-0.25, -0.2) is 14.0 Å². The van der Waals surface area contributed by atoms with E-state index in [1.165, 1.54) is 24.3 Å². The molecule has 0 aliphatic carbocycles. The number of methoxy groups -OCH3 is 1. The van der Waals surface area contributed by atoms with Crippen molar-refractivity contribution in [2.75, 3.05) is 44.0 Å². The molecule has 2 heterocycles. The van der Waals surface area contributed by atoms with Gasteiger partial charge in [0.15, 0.2) is 5.82 Å². The molecule has 1 atom stereocenters. The number of amides is 3. The van der Waals surface area contributed by atoms with E-state index in [1.807, 2.05) is 11.8 Å². The van der Waals surface area contributed by atoms with Crippen LogP contribution in [0.3, 0.4) is 0 Å². The summed E-state index contributed by atoms with van der Waals surface area (Å²) in [5.74, 6) is -0.524. The molecule has 0 spiro atoms. The second kappa shape index (κ2) is 10.2. The number of hydrogen-bond acceptors (Lipinski definition) is 5. The van der Waals surface area contributed by atoms with Crippen molar-refractivity contribution in [2.24, 2.45) is 0 Å². The average molecular weight is 431 g/mol. The molecule has 0 saturated carbocycles. The van der Waals surface area contributed by atoms with E-state index in [0.29, 0.717) is 37.4 Å². The fraction of sp³-hybridized carbons (Fsp3) is 0.381. The van der Waals surface area contributed by atoms with Gasteiger partial charge in [0.2, 0.25) is 0 Å². The summed E-state index contributed by atoms with van der Waals surface area (Å²) < 4.78 is 20.2. The molecule has 0 bridgehead atoms. The summed E-state index contributed by atoms with van der Waals surface area (Å²) in [6.45, 7) is 3.61. The number of benzene rings is 1. The van der Waals surface area contributed by atoms with Crippen LogP contribution in [0, 0.1) is 12.7 Å². The summed E-state index contributed by atoms with van der Waals surface area (Å²) in [5.41, 5.74) is 1.80. The van der Waals surface area contributed by atoms with Gasteiger partial charge in [0, 0.05) is 44.5 Å². The minimum Gasteiger partial charge on any atom is -0.465 e. The standard InChI is InChI=1S/C21H26FN5O4/c1-14-6-7-16(10-23-14)24-20(28)25-18-5-3-4-15(19(18)22)11-26-8-9-27(21(29)30)17(12-26)13-31-2/h3-7,10,17H,8-9,11-13H2,1-2H3,(H,29,30)(H2,24,25,28)/t17-/m1/s1. The molecular formula is C21H26FN5O4. The van der Waals surface area contributed by atoms with E-state index >= 15 is 4.39 Å². The molecule has 1 aliphatic heterocycles. The molecule has 0 radical (unpaired) electrons. The number of piperazine rings is 1. The van der Waals surface area contributed by atoms with E-state index in [-0.39, 0.29) is 18.3 Å². The van der Waals surface area contributed by atoms with Crippen molar-refractivity contribution in [3.63, 3.8) is 0 Å². The Bertz CT molecular complexity index is 924. The van der Waals surface area contributed by atoms with Gasteiger partial charge in [-0.3, -0.25) is 9.88 Å². The number of anilines is 2. The van der Waals surface area contributed by atoms with E-state index in [1.54, 1.807) is 24.3 Å². The Morgan fingerprint density at radius 2 is 2.06 bits per heavy atom. The predicted octanol–water partition coefficient (Wildman–Crippen LogP) is 2.98. The number of carboxylic acid groups (broad SMARTS) is 1. The highest BCUT2D eigenvalue weighted by Gasteiger charge is 2.30. The number of aryl methyl sites for hydroxylation is 1. The van der Waals surface area contributed by atoms with Crippen molar-refractivity contribution in [2.45, 2.75) is 19.5 Å². The number of urea groups is 1. The van der Waals surface area contributed by atoms with Crippen LogP contribution in [-0.2, 0) is 11.3 Å². The van der Waals surface area contributed by atoms with E-state index < -0.39 is 17.9 Å². The lowest BCUT2D eigenvalue weighted by molar-refractivity contribution is 0.0263. The zero-order valence-electron chi connectivity index (χ0n) is 17.5. The van der Waals surface area contributed by atoms with E-state index in [4.69, 9.17) is 4.74 Å². The van der Waals surface area contributed by atoms with Crippen LogP contribution in [-0.4, -0.2) is 71.4 Å². The van der Waals surface area contributed by atoms with Gasteiger partial charge in [0.25, 0.3) is 0 Å². The van der Waals surface area contributed by atoms with Crippen LogP contribution < -0.4 is 10.6 Å². The maximum Gasteiger partial charge on any atom is 0.407 e. The smallest absolute Gasteiger partial charge is 0.407 e. The van der Waals surface area contributed by atoms with Crippen molar-refractivity contribution in [3.8, 4) is 0 Å². The second-order valence-electron chi connectivity index (χ2n) is 7.37. The average Bonchev–Trinajstić information content (AvgIpc) is 2.73. The third kappa shape index (κ3) is 5.89. The van der Waals surface area contributed by atoms with Gasteiger partial charge in [0.05, 0.1) is 30.2 Å². The van der Waals surface area contributed by atoms with Gasteiger partial charge in [-0.2, -0.15) is 0 Å². The third-order valence-electron chi connectivity index (χ3n) is 5.06. The molecule has 10 heteroatoms. The molecule has 1 aliphatic rings. The molecule has 1 fully saturated rings. The normalized spacial score (nSPS) is 16.7. The summed E-state index contributed by atoms with van der Waals surface area (Å²) in [7, 11) is 1.52. The predicted molar refractivity (Wildman–Crippen MR) is 114 cm³/mol. The van der Waals surface area contributed by atoms with Gasteiger partial charge < -0.3 is 25.4 Å². The number of carbonyl (C=O) groups excluding carboxylic acids is 1.